The zero-order valence-electron chi connectivity index (χ0n) is 19.2. The molecule has 6 nitrogen and oxygen atoms in total. The van der Waals surface area contributed by atoms with E-state index in [1.54, 1.807) is 22.8 Å². The Bertz CT molecular complexity index is 1430. The van der Waals surface area contributed by atoms with Gasteiger partial charge in [0.05, 0.1) is 32.8 Å². The maximum Gasteiger partial charge on any atom is 0.227 e. The van der Waals surface area contributed by atoms with E-state index in [2.05, 4.69) is 26.3 Å². The van der Waals surface area contributed by atoms with E-state index in [9.17, 15) is 4.79 Å². The van der Waals surface area contributed by atoms with Crippen LogP contribution in [-0.2, 0) is 11.2 Å². The molecule has 1 N–H and O–H groups in total. The van der Waals surface area contributed by atoms with E-state index < -0.39 is 0 Å². The average molecular weight is 608 g/mol. The van der Waals surface area contributed by atoms with Crippen LogP contribution in [0.25, 0.3) is 16.9 Å². The van der Waals surface area contributed by atoms with Crippen molar-refractivity contribution in [1.82, 2.24) is 19.5 Å². The summed E-state index contributed by atoms with van der Waals surface area (Å²) in [6, 6.07) is 15.0. The predicted molar refractivity (Wildman–Crippen MR) is 149 cm³/mol. The summed E-state index contributed by atoms with van der Waals surface area (Å²) >= 11 is 22.1. The van der Waals surface area contributed by atoms with Crippen LogP contribution in [0.1, 0.15) is 18.4 Å². The van der Waals surface area contributed by atoms with Gasteiger partial charge in [-0.25, -0.2) is 4.98 Å². The molecular formula is C26H23BrCl3N5O. The van der Waals surface area contributed by atoms with E-state index in [0.717, 1.165) is 46.5 Å². The molecular weight excluding hydrogens is 585 g/mol. The number of anilines is 1. The number of rotatable bonds is 6. The van der Waals surface area contributed by atoms with Crippen molar-refractivity contribution in [3.8, 4) is 11.3 Å². The van der Waals surface area contributed by atoms with Gasteiger partial charge in [0, 0.05) is 36.3 Å². The number of aromatic nitrogens is 3. The number of piperidine rings is 1. The van der Waals surface area contributed by atoms with Crippen molar-refractivity contribution < 1.29 is 4.79 Å². The lowest BCUT2D eigenvalue weighted by atomic mass is 9.97. The van der Waals surface area contributed by atoms with E-state index in [4.69, 9.17) is 39.8 Å². The van der Waals surface area contributed by atoms with Crippen LogP contribution >= 0.6 is 50.7 Å². The van der Waals surface area contributed by atoms with Gasteiger partial charge in [-0.2, -0.15) is 9.61 Å². The second kappa shape index (κ2) is 11.0. The summed E-state index contributed by atoms with van der Waals surface area (Å²) in [4.78, 5) is 19.7. The number of nitrogens with one attached hydrogen (secondary N) is 1. The predicted octanol–water partition coefficient (Wildman–Crippen LogP) is 7.01. The smallest absolute Gasteiger partial charge is 0.227 e. The van der Waals surface area contributed by atoms with E-state index in [1.165, 1.54) is 0 Å². The zero-order valence-corrected chi connectivity index (χ0v) is 23.1. The largest absolute Gasteiger partial charge is 0.370 e. The molecule has 1 aliphatic rings. The molecule has 1 fully saturated rings. The van der Waals surface area contributed by atoms with Crippen molar-refractivity contribution in [3.05, 3.63) is 79.8 Å². The summed E-state index contributed by atoms with van der Waals surface area (Å²) < 4.78 is 2.58. The number of nitrogens with zero attached hydrogens (tertiary/aromatic N) is 4. The number of amides is 1. The van der Waals surface area contributed by atoms with Crippen LogP contribution in [0.2, 0.25) is 15.1 Å². The average Bonchev–Trinajstić information content (AvgIpc) is 3.26. The summed E-state index contributed by atoms with van der Waals surface area (Å²) in [7, 11) is 0. The lowest BCUT2D eigenvalue weighted by Crippen LogP contribution is -2.42. The number of hydrogen-bond acceptors (Lipinski definition) is 4. The fourth-order valence-electron chi connectivity index (χ4n) is 4.51. The van der Waals surface area contributed by atoms with E-state index in [1.807, 2.05) is 41.3 Å². The van der Waals surface area contributed by atoms with E-state index in [-0.39, 0.29) is 5.91 Å². The lowest BCUT2D eigenvalue weighted by molar-refractivity contribution is -0.132. The molecule has 1 unspecified atom stereocenters. The third kappa shape index (κ3) is 5.49. The van der Waals surface area contributed by atoms with Crippen LogP contribution in [0.4, 0.5) is 5.82 Å². The van der Waals surface area contributed by atoms with Crippen LogP contribution < -0.4 is 5.32 Å². The summed E-state index contributed by atoms with van der Waals surface area (Å²) in [6.45, 7) is 2.16. The quantitative estimate of drug-likeness (QED) is 0.256. The van der Waals surface area contributed by atoms with Gasteiger partial charge in [0.2, 0.25) is 5.91 Å². The Morgan fingerprint density at radius 3 is 2.72 bits per heavy atom. The van der Waals surface area contributed by atoms with Gasteiger partial charge in [-0.15, -0.1) is 0 Å². The molecule has 5 rings (SSSR count). The van der Waals surface area contributed by atoms with E-state index >= 15 is 0 Å². The van der Waals surface area contributed by atoms with Crippen LogP contribution in [0.15, 0.2) is 59.2 Å². The van der Waals surface area contributed by atoms with Crippen molar-refractivity contribution in [2.45, 2.75) is 19.3 Å². The minimum atomic E-state index is 0.0985. The molecule has 0 aliphatic carbocycles. The fraction of sp³-hybridized carbons (Fsp3) is 0.269. The van der Waals surface area contributed by atoms with Gasteiger partial charge >= 0.3 is 0 Å². The SMILES string of the molecule is O=C(Cc1ccc(Cl)c(Cl)c1)N1CCCC(CNc2cc(-c3ccccc3Cl)nc3c(Br)cnn23)C1. The first kappa shape index (κ1) is 25.3. The topological polar surface area (TPSA) is 62.5 Å². The van der Waals surface area contributed by atoms with Crippen molar-refractivity contribution in [2.75, 3.05) is 25.0 Å². The first-order chi connectivity index (χ1) is 17.4. The maximum absolute atomic E-state index is 13.0. The van der Waals surface area contributed by atoms with Crippen molar-refractivity contribution in [2.24, 2.45) is 5.92 Å². The molecule has 4 aromatic rings. The van der Waals surface area contributed by atoms with Crippen molar-refractivity contribution >= 4 is 68.1 Å². The summed E-state index contributed by atoms with van der Waals surface area (Å²) in [6.07, 6.45) is 4.04. The first-order valence-corrected chi connectivity index (χ1v) is 13.6. The number of fused-ring (bicyclic) bond motifs is 1. The molecule has 186 valence electrons. The van der Waals surface area contributed by atoms with Crippen LogP contribution in [-0.4, -0.2) is 45.0 Å². The fourth-order valence-corrected chi connectivity index (χ4v) is 5.41. The molecule has 36 heavy (non-hydrogen) atoms. The van der Waals surface area contributed by atoms with Crippen LogP contribution in [0.3, 0.4) is 0 Å². The van der Waals surface area contributed by atoms with Crippen LogP contribution in [0, 0.1) is 5.92 Å². The highest BCUT2D eigenvalue weighted by Crippen LogP contribution is 2.31. The molecule has 3 heterocycles. The Morgan fingerprint density at radius 1 is 1.08 bits per heavy atom. The van der Waals surface area contributed by atoms with Gasteiger partial charge in [0.15, 0.2) is 5.65 Å². The van der Waals surface area contributed by atoms with Gasteiger partial charge in [-0.1, -0.05) is 59.1 Å². The van der Waals surface area contributed by atoms with Gasteiger partial charge in [0.25, 0.3) is 0 Å². The molecule has 0 spiro atoms. The zero-order chi connectivity index (χ0) is 25.2. The number of likely N-dealkylation sites (tertiary alicyclic amines) is 1. The molecule has 2 aromatic carbocycles. The number of carbonyl (C=O) groups excluding carboxylic acids is 1. The Balaban J connectivity index is 1.30. The minimum Gasteiger partial charge on any atom is -0.370 e. The minimum absolute atomic E-state index is 0.0985. The van der Waals surface area contributed by atoms with Gasteiger partial charge < -0.3 is 10.2 Å². The number of carbonyl (C=O) groups is 1. The van der Waals surface area contributed by atoms with Gasteiger partial charge in [-0.3, -0.25) is 4.79 Å². The van der Waals surface area contributed by atoms with Gasteiger partial charge in [-0.05, 0) is 58.5 Å². The second-order valence-electron chi connectivity index (χ2n) is 8.89. The highest BCUT2D eigenvalue weighted by Gasteiger charge is 2.24. The molecule has 0 radical (unpaired) electrons. The number of halogens is 4. The van der Waals surface area contributed by atoms with Crippen molar-refractivity contribution in [1.29, 1.82) is 0 Å². The number of benzene rings is 2. The Morgan fingerprint density at radius 2 is 1.92 bits per heavy atom. The Kier molecular flexibility index (Phi) is 7.72. The second-order valence-corrected chi connectivity index (χ2v) is 11.0. The normalized spacial score (nSPS) is 15.9. The maximum atomic E-state index is 13.0. The molecule has 0 bridgehead atoms. The third-order valence-corrected chi connectivity index (χ3v) is 7.99. The van der Waals surface area contributed by atoms with Crippen LogP contribution in [0.5, 0.6) is 0 Å². The van der Waals surface area contributed by atoms with Crippen molar-refractivity contribution in [3.63, 3.8) is 0 Å². The Hall–Kier alpha value is -2.32. The first-order valence-electron chi connectivity index (χ1n) is 11.6. The lowest BCUT2D eigenvalue weighted by Gasteiger charge is -2.33. The molecule has 1 aliphatic heterocycles. The number of hydrogen-bond donors (Lipinski definition) is 1. The molecule has 0 saturated carbocycles. The monoisotopic (exact) mass is 605 g/mol. The summed E-state index contributed by atoms with van der Waals surface area (Å²) in [5.74, 6) is 1.23. The highest BCUT2D eigenvalue weighted by atomic mass is 79.9. The van der Waals surface area contributed by atoms with E-state index in [0.29, 0.717) is 46.1 Å². The molecule has 1 atom stereocenters. The summed E-state index contributed by atoms with van der Waals surface area (Å²) in [5.41, 5.74) is 3.19. The summed E-state index contributed by atoms with van der Waals surface area (Å²) in [5, 5.41) is 9.61. The molecule has 1 amide bonds. The highest BCUT2D eigenvalue weighted by molar-refractivity contribution is 9.10. The standard InChI is InChI=1S/C26H23BrCl3N5O/c27-19-14-32-35-24(12-23(33-26(19)35)18-5-1-2-6-20(18)28)31-13-17-4-3-9-34(15-17)25(36)11-16-7-8-21(29)22(30)10-16/h1-2,5-8,10,12,14,17,31H,3-4,9,11,13,15H2. The molecule has 2 aromatic heterocycles. The third-order valence-electron chi connectivity index (χ3n) is 6.36. The molecule has 10 heteroatoms. The Labute approximate surface area is 232 Å². The molecule has 1 saturated heterocycles. The van der Waals surface area contributed by atoms with Gasteiger partial charge in [0.1, 0.15) is 5.82 Å².